The summed E-state index contributed by atoms with van der Waals surface area (Å²) in [7, 11) is 0. The highest BCUT2D eigenvalue weighted by Crippen LogP contribution is 2.23. The topological polar surface area (TPSA) is 38.3 Å². The van der Waals surface area contributed by atoms with Crippen molar-refractivity contribution < 1.29 is 9.53 Å². The molecule has 0 saturated heterocycles. The van der Waals surface area contributed by atoms with E-state index in [0.29, 0.717) is 0 Å². The second-order valence-electron chi connectivity index (χ2n) is 6.31. The van der Waals surface area contributed by atoms with Crippen LogP contribution in [0, 0.1) is 6.92 Å². The Morgan fingerprint density at radius 2 is 1.63 bits per heavy atom. The molecule has 0 aromatic heterocycles. The first-order chi connectivity index (χ1) is 13.1. The number of nitrogens with one attached hydrogen (secondary N) is 1. The summed E-state index contributed by atoms with van der Waals surface area (Å²) in [5, 5.41) is 2.91. The number of para-hydroxylation sites is 1. The number of hydrogen-bond acceptors (Lipinski definition) is 3. The maximum absolute atomic E-state index is 12.4. The zero-order chi connectivity index (χ0) is 19.1. The lowest BCUT2D eigenvalue weighted by molar-refractivity contribution is -0.122. The molecule has 138 valence electrons. The van der Waals surface area contributed by atoms with E-state index in [4.69, 9.17) is 4.74 Å². The van der Waals surface area contributed by atoms with Crippen molar-refractivity contribution in [3.05, 3.63) is 90.0 Å². The number of hydrogen-bond donors (Lipinski definition) is 1. The van der Waals surface area contributed by atoms with Crippen molar-refractivity contribution >= 4 is 23.4 Å². The highest BCUT2D eigenvalue weighted by molar-refractivity contribution is 7.98. The molecule has 27 heavy (non-hydrogen) atoms. The number of carbonyl (C=O) groups excluding carboxylic acids is 1. The summed E-state index contributed by atoms with van der Waals surface area (Å²) in [6, 6.07) is 25.9. The first-order valence-electron chi connectivity index (χ1n) is 8.92. The number of carbonyl (C=O) groups is 1. The Bertz CT molecular complexity index is 878. The number of rotatable bonds is 7. The van der Waals surface area contributed by atoms with Crippen molar-refractivity contribution in [2.75, 3.05) is 5.32 Å². The normalized spacial score (nSPS) is 11.6. The van der Waals surface area contributed by atoms with Gasteiger partial charge < -0.3 is 10.1 Å². The SMILES string of the molecule is Cc1ccccc1OC(C)C(=O)Nc1ccc(CSc2ccccc2)cc1. The minimum absolute atomic E-state index is 0.162. The van der Waals surface area contributed by atoms with Gasteiger partial charge in [0.1, 0.15) is 5.75 Å². The molecule has 4 heteroatoms. The second kappa shape index (κ2) is 9.28. The number of anilines is 1. The van der Waals surface area contributed by atoms with Crippen LogP contribution in [0.25, 0.3) is 0 Å². The largest absolute Gasteiger partial charge is 0.481 e. The molecule has 3 nitrogen and oxygen atoms in total. The van der Waals surface area contributed by atoms with E-state index in [1.807, 2.05) is 73.7 Å². The number of ether oxygens (including phenoxy) is 1. The predicted molar refractivity (Wildman–Crippen MR) is 112 cm³/mol. The number of benzene rings is 3. The third-order valence-electron chi connectivity index (χ3n) is 4.14. The first-order valence-corrected chi connectivity index (χ1v) is 9.90. The quantitative estimate of drug-likeness (QED) is 0.537. The molecule has 1 atom stereocenters. The Balaban J connectivity index is 1.52. The van der Waals surface area contributed by atoms with Gasteiger partial charge in [-0.2, -0.15) is 0 Å². The van der Waals surface area contributed by atoms with Crippen LogP contribution in [0.3, 0.4) is 0 Å². The van der Waals surface area contributed by atoms with Crippen LogP contribution < -0.4 is 10.1 Å². The molecule has 1 N–H and O–H groups in total. The lowest BCUT2D eigenvalue weighted by Crippen LogP contribution is -2.30. The van der Waals surface area contributed by atoms with E-state index in [0.717, 1.165) is 22.8 Å². The molecule has 0 spiro atoms. The third-order valence-corrected chi connectivity index (χ3v) is 5.22. The molecule has 0 aliphatic rings. The van der Waals surface area contributed by atoms with Crippen molar-refractivity contribution in [3.8, 4) is 5.75 Å². The Hall–Kier alpha value is -2.72. The van der Waals surface area contributed by atoms with E-state index in [1.165, 1.54) is 10.5 Å². The van der Waals surface area contributed by atoms with Crippen LogP contribution in [0.5, 0.6) is 5.75 Å². The summed E-state index contributed by atoms with van der Waals surface area (Å²) in [6.07, 6.45) is -0.570. The van der Waals surface area contributed by atoms with E-state index in [1.54, 1.807) is 18.7 Å². The van der Waals surface area contributed by atoms with E-state index in [2.05, 4.69) is 17.4 Å². The Morgan fingerprint density at radius 3 is 2.33 bits per heavy atom. The minimum Gasteiger partial charge on any atom is -0.481 e. The van der Waals surface area contributed by atoms with Crippen molar-refractivity contribution in [2.24, 2.45) is 0 Å². The molecule has 3 rings (SSSR count). The number of aryl methyl sites for hydroxylation is 1. The van der Waals surface area contributed by atoms with Gasteiger partial charge in [-0.05, 0) is 55.3 Å². The van der Waals surface area contributed by atoms with E-state index >= 15 is 0 Å². The fourth-order valence-electron chi connectivity index (χ4n) is 2.54. The molecule has 1 amide bonds. The van der Waals surface area contributed by atoms with Gasteiger partial charge in [-0.1, -0.05) is 48.5 Å². The molecule has 0 radical (unpaired) electrons. The summed E-state index contributed by atoms with van der Waals surface area (Å²) < 4.78 is 5.78. The van der Waals surface area contributed by atoms with Gasteiger partial charge in [-0.3, -0.25) is 4.79 Å². The van der Waals surface area contributed by atoms with Crippen LogP contribution >= 0.6 is 11.8 Å². The van der Waals surface area contributed by atoms with E-state index in [9.17, 15) is 4.79 Å². The maximum atomic E-state index is 12.4. The molecule has 0 fully saturated rings. The first kappa shape index (κ1) is 19.1. The van der Waals surface area contributed by atoms with Gasteiger partial charge in [0.2, 0.25) is 0 Å². The van der Waals surface area contributed by atoms with Crippen LogP contribution in [0.15, 0.2) is 83.8 Å². The second-order valence-corrected chi connectivity index (χ2v) is 7.36. The summed E-state index contributed by atoms with van der Waals surface area (Å²) >= 11 is 1.79. The molecule has 3 aromatic rings. The van der Waals surface area contributed by atoms with Gasteiger partial charge in [-0.25, -0.2) is 0 Å². The lowest BCUT2D eigenvalue weighted by Gasteiger charge is -2.16. The van der Waals surface area contributed by atoms with Crippen LogP contribution in [-0.2, 0) is 10.5 Å². The summed E-state index contributed by atoms with van der Waals surface area (Å²) in [5.41, 5.74) is 3.00. The highest BCUT2D eigenvalue weighted by Gasteiger charge is 2.15. The average molecular weight is 378 g/mol. The predicted octanol–water partition coefficient (Wildman–Crippen LogP) is 5.69. The minimum atomic E-state index is -0.570. The smallest absolute Gasteiger partial charge is 0.265 e. The van der Waals surface area contributed by atoms with Gasteiger partial charge in [0.25, 0.3) is 5.91 Å². The molecular weight excluding hydrogens is 354 g/mol. The molecule has 0 bridgehead atoms. The lowest BCUT2D eigenvalue weighted by atomic mass is 10.2. The Labute approximate surface area is 164 Å². The number of thioether (sulfide) groups is 1. The van der Waals surface area contributed by atoms with Gasteiger partial charge in [0.15, 0.2) is 6.10 Å². The van der Waals surface area contributed by atoms with Crippen molar-refractivity contribution in [1.29, 1.82) is 0 Å². The van der Waals surface area contributed by atoms with E-state index in [-0.39, 0.29) is 5.91 Å². The molecule has 0 aliphatic carbocycles. The molecule has 0 aliphatic heterocycles. The highest BCUT2D eigenvalue weighted by atomic mass is 32.2. The van der Waals surface area contributed by atoms with Crippen LogP contribution in [0.2, 0.25) is 0 Å². The van der Waals surface area contributed by atoms with Gasteiger partial charge in [-0.15, -0.1) is 11.8 Å². The Kier molecular flexibility index (Phi) is 6.55. The summed E-state index contributed by atoms with van der Waals surface area (Å²) in [5.74, 6) is 1.46. The van der Waals surface area contributed by atoms with Crippen LogP contribution in [-0.4, -0.2) is 12.0 Å². The molecule has 0 heterocycles. The fraction of sp³-hybridized carbons (Fsp3) is 0.174. The standard InChI is InChI=1S/C23H23NO2S/c1-17-8-6-7-11-22(17)26-18(2)23(25)24-20-14-12-19(13-15-20)16-27-21-9-4-3-5-10-21/h3-15,18H,16H2,1-2H3,(H,24,25). The van der Waals surface area contributed by atoms with Gasteiger partial charge >= 0.3 is 0 Å². The zero-order valence-corrected chi connectivity index (χ0v) is 16.3. The monoisotopic (exact) mass is 377 g/mol. The molecule has 0 saturated carbocycles. The molecule has 1 unspecified atom stereocenters. The average Bonchev–Trinajstić information content (AvgIpc) is 2.70. The van der Waals surface area contributed by atoms with Crippen molar-refractivity contribution in [2.45, 2.75) is 30.6 Å². The Morgan fingerprint density at radius 1 is 0.963 bits per heavy atom. The number of amides is 1. The van der Waals surface area contributed by atoms with Crippen molar-refractivity contribution in [3.63, 3.8) is 0 Å². The third kappa shape index (κ3) is 5.63. The zero-order valence-electron chi connectivity index (χ0n) is 15.5. The van der Waals surface area contributed by atoms with Gasteiger partial charge in [0, 0.05) is 16.3 Å². The van der Waals surface area contributed by atoms with Crippen LogP contribution in [0.4, 0.5) is 5.69 Å². The molecule has 3 aromatic carbocycles. The van der Waals surface area contributed by atoms with Crippen LogP contribution in [0.1, 0.15) is 18.1 Å². The van der Waals surface area contributed by atoms with Gasteiger partial charge in [0.05, 0.1) is 0 Å². The summed E-state index contributed by atoms with van der Waals surface area (Å²) in [6.45, 7) is 3.72. The van der Waals surface area contributed by atoms with E-state index < -0.39 is 6.10 Å². The molecular formula is C23H23NO2S. The maximum Gasteiger partial charge on any atom is 0.265 e. The van der Waals surface area contributed by atoms with Crippen molar-refractivity contribution in [1.82, 2.24) is 0 Å². The summed E-state index contributed by atoms with van der Waals surface area (Å²) in [4.78, 5) is 13.6. The fourth-order valence-corrected chi connectivity index (χ4v) is 3.42.